The van der Waals surface area contributed by atoms with Gasteiger partial charge in [-0.15, -0.1) is 0 Å². The second kappa shape index (κ2) is 5.73. The van der Waals surface area contributed by atoms with E-state index in [0.717, 1.165) is 0 Å². The lowest BCUT2D eigenvalue weighted by Gasteiger charge is -2.10. The van der Waals surface area contributed by atoms with Crippen LogP contribution in [0.15, 0.2) is 24.3 Å². The van der Waals surface area contributed by atoms with Gasteiger partial charge >= 0.3 is 5.97 Å². The first-order valence-electron chi connectivity index (χ1n) is 4.64. The number of hydrogen-bond acceptors (Lipinski definition) is 4. The third-order valence-corrected chi connectivity index (χ3v) is 1.84. The number of nitriles is 1. The second-order valence-corrected chi connectivity index (χ2v) is 3.20. The number of aliphatic hydroxyl groups is 1. The van der Waals surface area contributed by atoms with E-state index in [1.165, 1.54) is 0 Å². The fraction of sp³-hybridized carbons (Fsp3) is 0.273. The summed E-state index contributed by atoms with van der Waals surface area (Å²) in [5.41, 5.74) is 0.512. The molecule has 0 amide bonds. The summed E-state index contributed by atoms with van der Waals surface area (Å²) in [7, 11) is 0. The zero-order chi connectivity index (χ0) is 12.0. The standard InChI is InChI=1S/C11H11NO4/c12-6-8-1-3-10(4-2-8)16-7-9(13)5-11(14)15/h1-4,9,13H,5,7H2,(H,14,15)/t9-/m1/s1. The molecular weight excluding hydrogens is 210 g/mol. The first-order chi connectivity index (χ1) is 7.61. The van der Waals surface area contributed by atoms with Gasteiger partial charge in [-0.3, -0.25) is 4.79 Å². The number of nitrogens with zero attached hydrogens (tertiary/aromatic N) is 1. The van der Waals surface area contributed by atoms with Crippen molar-refractivity contribution < 1.29 is 19.7 Å². The molecule has 0 spiro atoms. The monoisotopic (exact) mass is 221 g/mol. The molecule has 0 unspecified atom stereocenters. The largest absolute Gasteiger partial charge is 0.491 e. The normalized spacial score (nSPS) is 11.5. The quantitative estimate of drug-likeness (QED) is 0.766. The van der Waals surface area contributed by atoms with Gasteiger partial charge in [0.1, 0.15) is 12.4 Å². The number of aliphatic carboxylic acids is 1. The van der Waals surface area contributed by atoms with Gasteiger partial charge in [0, 0.05) is 0 Å². The molecule has 84 valence electrons. The summed E-state index contributed by atoms with van der Waals surface area (Å²) in [6.07, 6.45) is -1.39. The van der Waals surface area contributed by atoms with E-state index >= 15 is 0 Å². The topological polar surface area (TPSA) is 90.5 Å². The van der Waals surface area contributed by atoms with Gasteiger partial charge in [-0.1, -0.05) is 0 Å². The van der Waals surface area contributed by atoms with Crippen molar-refractivity contribution >= 4 is 5.97 Å². The van der Waals surface area contributed by atoms with Gasteiger partial charge in [-0.05, 0) is 24.3 Å². The van der Waals surface area contributed by atoms with Crippen LogP contribution < -0.4 is 4.74 Å². The van der Waals surface area contributed by atoms with Gasteiger partial charge < -0.3 is 14.9 Å². The molecule has 2 N–H and O–H groups in total. The van der Waals surface area contributed by atoms with E-state index in [4.69, 9.17) is 15.1 Å². The van der Waals surface area contributed by atoms with Crippen LogP contribution in [0.2, 0.25) is 0 Å². The maximum atomic E-state index is 10.3. The van der Waals surface area contributed by atoms with Crippen molar-refractivity contribution in [2.45, 2.75) is 12.5 Å². The molecule has 0 heterocycles. The summed E-state index contributed by atoms with van der Waals surface area (Å²) in [5.74, 6) is -0.584. The van der Waals surface area contributed by atoms with Crippen molar-refractivity contribution in [3.8, 4) is 11.8 Å². The molecule has 0 aliphatic rings. The van der Waals surface area contributed by atoms with Crippen LogP contribution in [0.3, 0.4) is 0 Å². The Hall–Kier alpha value is -2.06. The van der Waals surface area contributed by atoms with Crippen molar-refractivity contribution in [3.63, 3.8) is 0 Å². The Bertz CT molecular complexity index is 393. The van der Waals surface area contributed by atoms with E-state index in [2.05, 4.69) is 0 Å². The van der Waals surface area contributed by atoms with Gasteiger partial charge in [0.15, 0.2) is 0 Å². The van der Waals surface area contributed by atoms with Gasteiger partial charge in [-0.25, -0.2) is 0 Å². The summed E-state index contributed by atoms with van der Waals surface area (Å²) < 4.78 is 5.15. The molecule has 0 fully saturated rings. The Morgan fingerprint density at radius 2 is 2.06 bits per heavy atom. The zero-order valence-corrected chi connectivity index (χ0v) is 8.46. The molecule has 1 rings (SSSR count). The van der Waals surface area contributed by atoms with E-state index < -0.39 is 12.1 Å². The minimum absolute atomic E-state index is 0.0851. The van der Waals surface area contributed by atoms with Crippen molar-refractivity contribution in [3.05, 3.63) is 29.8 Å². The molecule has 5 heteroatoms. The predicted molar refractivity (Wildman–Crippen MR) is 54.9 cm³/mol. The van der Waals surface area contributed by atoms with Crippen molar-refractivity contribution in [1.82, 2.24) is 0 Å². The van der Waals surface area contributed by atoms with E-state index in [0.29, 0.717) is 11.3 Å². The van der Waals surface area contributed by atoms with Crippen LogP contribution in [0.1, 0.15) is 12.0 Å². The van der Waals surface area contributed by atoms with Crippen LogP contribution >= 0.6 is 0 Å². The number of aliphatic hydroxyl groups excluding tert-OH is 1. The maximum Gasteiger partial charge on any atom is 0.306 e. The van der Waals surface area contributed by atoms with E-state index in [9.17, 15) is 9.90 Å². The number of carboxylic acid groups (broad SMARTS) is 1. The maximum absolute atomic E-state index is 10.3. The number of hydrogen-bond donors (Lipinski definition) is 2. The summed E-state index contributed by atoms with van der Waals surface area (Å²) in [6.45, 7) is -0.0851. The average Bonchev–Trinajstić information content (AvgIpc) is 2.26. The highest BCUT2D eigenvalue weighted by Gasteiger charge is 2.09. The van der Waals surface area contributed by atoms with Crippen LogP contribution in [-0.4, -0.2) is 28.9 Å². The molecule has 0 aromatic heterocycles. The lowest BCUT2D eigenvalue weighted by molar-refractivity contribution is -0.139. The van der Waals surface area contributed by atoms with Crippen LogP contribution in [0, 0.1) is 11.3 Å². The SMILES string of the molecule is N#Cc1ccc(OC[C@H](O)CC(=O)O)cc1. The number of carboxylic acids is 1. The Kier molecular flexibility index (Phi) is 4.30. The van der Waals surface area contributed by atoms with E-state index in [-0.39, 0.29) is 13.0 Å². The molecule has 16 heavy (non-hydrogen) atoms. The van der Waals surface area contributed by atoms with Crippen molar-refractivity contribution in [1.29, 1.82) is 5.26 Å². The average molecular weight is 221 g/mol. The first kappa shape index (κ1) is 12.0. The van der Waals surface area contributed by atoms with Crippen LogP contribution in [-0.2, 0) is 4.79 Å². The number of benzene rings is 1. The fourth-order valence-corrected chi connectivity index (χ4v) is 1.08. The molecule has 5 nitrogen and oxygen atoms in total. The van der Waals surface area contributed by atoms with E-state index in [1.54, 1.807) is 24.3 Å². The lowest BCUT2D eigenvalue weighted by Crippen LogP contribution is -2.21. The molecule has 1 atom stereocenters. The Balaban J connectivity index is 2.43. The molecule has 0 saturated heterocycles. The minimum atomic E-state index is -1.07. The molecule has 1 aromatic rings. The Labute approximate surface area is 92.5 Å². The zero-order valence-electron chi connectivity index (χ0n) is 8.46. The summed E-state index contributed by atoms with van der Waals surface area (Å²) in [6, 6.07) is 8.31. The number of rotatable bonds is 5. The van der Waals surface area contributed by atoms with Crippen molar-refractivity contribution in [2.24, 2.45) is 0 Å². The first-order valence-corrected chi connectivity index (χ1v) is 4.64. The van der Waals surface area contributed by atoms with E-state index in [1.807, 2.05) is 6.07 Å². The molecule has 0 radical (unpaired) electrons. The number of carbonyl (C=O) groups is 1. The van der Waals surface area contributed by atoms with Crippen LogP contribution in [0.25, 0.3) is 0 Å². The third-order valence-electron chi connectivity index (χ3n) is 1.84. The molecule has 1 aromatic carbocycles. The predicted octanol–water partition coefficient (Wildman–Crippen LogP) is 0.773. The number of ether oxygens (including phenoxy) is 1. The van der Waals surface area contributed by atoms with Gasteiger partial charge in [0.2, 0.25) is 0 Å². The van der Waals surface area contributed by atoms with Gasteiger partial charge in [0.05, 0.1) is 24.2 Å². The molecule has 0 bridgehead atoms. The summed E-state index contributed by atoms with van der Waals surface area (Å²) in [4.78, 5) is 10.3. The highest BCUT2D eigenvalue weighted by Crippen LogP contribution is 2.12. The van der Waals surface area contributed by atoms with Gasteiger partial charge in [0.25, 0.3) is 0 Å². The van der Waals surface area contributed by atoms with Gasteiger partial charge in [-0.2, -0.15) is 5.26 Å². The fourth-order valence-electron chi connectivity index (χ4n) is 1.08. The Morgan fingerprint density at radius 3 is 2.56 bits per heavy atom. The summed E-state index contributed by atoms with van der Waals surface area (Å²) in [5, 5.41) is 26.2. The molecular formula is C11H11NO4. The highest BCUT2D eigenvalue weighted by atomic mass is 16.5. The summed E-state index contributed by atoms with van der Waals surface area (Å²) >= 11 is 0. The molecule has 0 saturated carbocycles. The third kappa shape index (κ3) is 3.98. The minimum Gasteiger partial charge on any atom is -0.491 e. The molecule has 0 aliphatic heterocycles. The van der Waals surface area contributed by atoms with Crippen molar-refractivity contribution in [2.75, 3.05) is 6.61 Å². The second-order valence-electron chi connectivity index (χ2n) is 3.20. The highest BCUT2D eigenvalue weighted by molar-refractivity contribution is 5.67. The smallest absolute Gasteiger partial charge is 0.306 e. The lowest BCUT2D eigenvalue weighted by atomic mass is 10.2. The van der Waals surface area contributed by atoms with Crippen LogP contribution in [0.5, 0.6) is 5.75 Å². The molecule has 0 aliphatic carbocycles. The Morgan fingerprint density at radius 1 is 1.44 bits per heavy atom. The van der Waals surface area contributed by atoms with Crippen LogP contribution in [0.4, 0.5) is 0 Å².